The third kappa shape index (κ3) is 5.09. The topological polar surface area (TPSA) is 75.9 Å². The summed E-state index contributed by atoms with van der Waals surface area (Å²) in [6.45, 7) is 2.76. The van der Waals surface area contributed by atoms with E-state index < -0.39 is 0 Å². The number of hydrogen-bond donors (Lipinski definition) is 1. The van der Waals surface area contributed by atoms with Gasteiger partial charge in [0, 0.05) is 26.6 Å². The molecule has 0 aromatic heterocycles. The number of nitrogens with zero attached hydrogens (tertiary/aromatic N) is 2. The van der Waals surface area contributed by atoms with Gasteiger partial charge in [-0.1, -0.05) is 6.42 Å². The summed E-state index contributed by atoms with van der Waals surface area (Å²) in [5.74, 6) is -0.0822. The van der Waals surface area contributed by atoms with E-state index in [-0.39, 0.29) is 17.9 Å². The number of hydrogen-bond acceptors (Lipinski definition) is 5. The Morgan fingerprint density at radius 2 is 2.15 bits per heavy atom. The molecule has 0 aromatic rings. The minimum atomic E-state index is -0.186. The lowest BCUT2D eigenvalue weighted by Gasteiger charge is -2.33. The molecule has 2 N–H and O–H groups in total. The molecule has 0 spiro atoms. The van der Waals surface area contributed by atoms with Crippen molar-refractivity contribution in [1.29, 1.82) is 0 Å². The van der Waals surface area contributed by atoms with Gasteiger partial charge in [-0.25, -0.2) is 0 Å². The summed E-state index contributed by atoms with van der Waals surface area (Å²) in [7, 11) is 3.22. The number of esters is 1. The fraction of sp³-hybridized carbons (Fsp3) is 0.857. The fourth-order valence-electron chi connectivity index (χ4n) is 2.54. The number of piperidine rings is 1. The highest BCUT2D eigenvalue weighted by atomic mass is 16.5. The fourth-order valence-corrected chi connectivity index (χ4v) is 2.54. The van der Waals surface area contributed by atoms with Gasteiger partial charge < -0.3 is 15.4 Å². The van der Waals surface area contributed by atoms with Gasteiger partial charge in [-0.2, -0.15) is 0 Å². The molecule has 1 fully saturated rings. The van der Waals surface area contributed by atoms with Crippen LogP contribution in [0.5, 0.6) is 0 Å². The van der Waals surface area contributed by atoms with Gasteiger partial charge in [0.2, 0.25) is 5.91 Å². The average molecular weight is 285 g/mol. The molecule has 6 heteroatoms. The quantitative estimate of drug-likeness (QED) is 0.677. The van der Waals surface area contributed by atoms with E-state index in [2.05, 4.69) is 4.90 Å². The molecular weight excluding hydrogens is 258 g/mol. The van der Waals surface area contributed by atoms with Crippen molar-refractivity contribution < 1.29 is 14.3 Å². The number of rotatable bonds is 7. The van der Waals surface area contributed by atoms with Gasteiger partial charge in [0.25, 0.3) is 0 Å². The zero-order valence-electron chi connectivity index (χ0n) is 12.6. The SMILES string of the molecule is COC(=O)C1CCCCN1CCC(=O)N(C)CCCN. The van der Waals surface area contributed by atoms with Crippen LogP contribution in [0.3, 0.4) is 0 Å². The molecule has 1 aliphatic rings. The Morgan fingerprint density at radius 3 is 2.80 bits per heavy atom. The summed E-state index contributed by atoms with van der Waals surface area (Å²) in [5.41, 5.74) is 5.44. The van der Waals surface area contributed by atoms with E-state index in [4.69, 9.17) is 10.5 Å². The van der Waals surface area contributed by atoms with Crippen molar-refractivity contribution >= 4 is 11.9 Å². The Hall–Kier alpha value is -1.14. The van der Waals surface area contributed by atoms with Gasteiger partial charge in [-0.3, -0.25) is 14.5 Å². The molecule has 0 bridgehead atoms. The van der Waals surface area contributed by atoms with Crippen LogP contribution in [0, 0.1) is 0 Å². The summed E-state index contributed by atoms with van der Waals surface area (Å²) in [6, 6.07) is -0.184. The predicted octanol–water partition coefficient (Wildman–Crippen LogP) is 0.211. The highest BCUT2D eigenvalue weighted by Crippen LogP contribution is 2.18. The lowest BCUT2D eigenvalue weighted by atomic mass is 10.0. The third-order valence-electron chi connectivity index (χ3n) is 3.82. The summed E-state index contributed by atoms with van der Waals surface area (Å²) < 4.78 is 4.84. The van der Waals surface area contributed by atoms with Gasteiger partial charge in [-0.15, -0.1) is 0 Å². The first-order valence-electron chi connectivity index (χ1n) is 7.36. The van der Waals surface area contributed by atoms with Crippen LogP contribution >= 0.6 is 0 Å². The number of methoxy groups -OCH3 is 1. The largest absolute Gasteiger partial charge is 0.468 e. The van der Waals surface area contributed by atoms with Gasteiger partial charge in [0.15, 0.2) is 0 Å². The average Bonchev–Trinajstić information content (AvgIpc) is 2.49. The Balaban J connectivity index is 2.41. The number of carbonyl (C=O) groups is 2. The predicted molar refractivity (Wildman–Crippen MR) is 77.2 cm³/mol. The van der Waals surface area contributed by atoms with Gasteiger partial charge in [0.05, 0.1) is 7.11 Å². The lowest BCUT2D eigenvalue weighted by Crippen LogP contribution is -2.46. The number of likely N-dealkylation sites (tertiary alicyclic amines) is 1. The first kappa shape index (κ1) is 16.9. The maximum atomic E-state index is 12.0. The molecule has 1 saturated heterocycles. The maximum absolute atomic E-state index is 12.0. The van der Waals surface area contributed by atoms with Crippen molar-refractivity contribution in [2.24, 2.45) is 5.73 Å². The van der Waals surface area contributed by atoms with Crippen molar-refractivity contribution in [1.82, 2.24) is 9.80 Å². The second-order valence-electron chi connectivity index (χ2n) is 5.28. The van der Waals surface area contributed by atoms with Crippen molar-refractivity contribution in [2.75, 3.05) is 40.3 Å². The lowest BCUT2D eigenvalue weighted by molar-refractivity contribution is -0.149. The summed E-state index contributed by atoms with van der Waals surface area (Å²) in [6.07, 6.45) is 4.19. The number of nitrogens with two attached hydrogens (primary N) is 1. The standard InChI is InChI=1S/C14H27N3O3/c1-16(9-5-8-15)13(18)7-11-17-10-4-3-6-12(17)14(19)20-2/h12H,3-11,15H2,1-2H3. The van der Waals surface area contributed by atoms with Crippen LogP contribution in [0.25, 0.3) is 0 Å². The minimum absolute atomic E-state index is 0.104. The van der Waals surface area contributed by atoms with Crippen LogP contribution in [0.1, 0.15) is 32.1 Å². The molecule has 1 amide bonds. The van der Waals surface area contributed by atoms with Crippen molar-refractivity contribution in [3.8, 4) is 0 Å². The molecule has 0 radical (unpaired) electrons. The van der Waals surface area contributed by atoms with Crippen molar-refractivity contribution in [3.63, 3.8) is 0 Å². The molecule has 0 aliphatic carbocycles. The zero-order chi connectivity index (χ0) is 15.0. The monoisotopic (exact) mass is 285 g/mol. The highest BCUT2D eigenvalue weighted by molar-refractivity contribution is 5.77. The molecule has 0 saturated carbocycles. The molecule has 20 heavy (non-hydrogen) atoms. The van der Waals surface area contributed by atoms with Crippen LogP contribution in [0.2, 0.25) is 0 Å². The number of carbonyl (C=O) groups excluding carboxylic acids is 2. The van der Waals surface area contributed by atoms with Crippen LogP contribution < -0.4 is 5.73 Å². The first-order chi connectivity index (χ1) is 9.60. The van der Waals surface area contributed by atoms with E-state index in [9.17, 15) is 9.59 Å². The van der Waals surface area contributed by atoms with E-state index in [1.54, 1.807) is 11.9 Å². The Bertz CT molecular complexity index is 323. The second-order valence-corrected chi connectivity index (χ2v) is 5.28. The van der Waals surface area contributed by atoms with Gasteiger partial charge in [0.1, 0.15) is 6.04 Å². The van der Waals surface area contributed by atoms with E-state index >= 15 is 0 Å². The zero-order valence-corrected chi connectivity index (χ0v) is 12.6. The highest BCUT2D eigenvalue weighted by Gasteiger charge is 2.29. The molecule has 1 heterocycles. The third-order valence-corrected chi connectivity index (χ3v) is 3.82. The molecule has 116 valence electrons. The molecule has 6 nitrogen and oxygen atoms in total. The Labute approximate surface area is 121 Å². The van der Waals surface area contributed by atoms with E-state index in [1.807, 2.05) is 0 Å². The van der Waals surface area contributed by atoms with Crippen LogP contribution in [0.15, 0.2) is 0 Å². The first-order valence-corrected chi connectivity index (χ1v) is 7.36. The normalized spacial score (nSPS) is 19.6. The van der Waals surface area contributed by atoms with Crippen molar-refractivity contribution in [3.05, 3.63) is 0 Å². The van der Waals surface area contributed by atoms with E-state index in [0.717, 1.165) is 32.2 Å². The van der Waals surface area contributed by atoms with Gasteiger partial charge >= 0.3 is 5.97 Å². The molecule has 1 aliphatic heterocycles. The number of amides is 1. The van der Waals surface area contributed by atoms with Crippen LogP contribution in [-0.4, -0.2) is 68.1 Å². The van der Waals surface area contributed by atoms with Crippen molar-refractivity contribution in [2.45, 2.75) is 38.1 Å². The van der Waals surface area contributed by atoms with Crippen LogP contribution in [-0.2, 0) is 14.3 Å². The maximum Gasteiger partial charge on any atom is 0.323 e. The van der Waals surface area contributed by atoms with Gasteiger partial charge in [-0.05, 0) is 32.4 Å². The number of ether oxygens (including phenoxy) is 1. The minimum Gasteiger partial charge on any atom is -0.468 e. The smallest absolute Gasteiger partial charge is 0.323 e. The summed E-state index contributed by atoms with van der Waals surface area (Å²) in [4.78, 5) is 27.5. The molecule has 1 unspecified atom stereocenters. The molecular formula is C14H27N3O3. The Morgan fingerprint density at radius 1 is 1.40 bits per heavy atom. The van der Waals surface area contributed by atoms with E-state index in [0.29, 0.717) is 26.1 Å². The second kappa shape index (κ2) is 8.92. The molecule has 0 aromatic carbocycles. The summed E-state index contributed by atoms with van der Waals surface area (Å²) in [5, 5.41) is 0. The van der Waals surface area contributed by atoms with Crippen LogP contribution in [0.4, 0.5) is 0 Å². The molecule has 1 rings (SSSR count). The Kier molecular flexibility index (Phi) is 7.54. The summed E-state index contributed by atoms with van der Waals surface area (Å²) >= 11 is 0. The molecule has 1 atom stereocenters. The van der Waals surface area contributed by atoms with E-state index in [1.165, 1.54) is 7.11 Å².